The lowest BCUT2D eigenvalue weighted by atomic mass is 10.1. The van der Waals surface area contributed by atoms with Gasteiger partial charge < -0.3 is 4.42 Å². The van der Waals surface area contributed by atoms with Crippen molar-refractivity contribution >= 4 is 49.1 Å². The second-order valence-electron chi connectivity index (χ2n) is 7.07. The predicted octanol–water partition coefficient (Wildman–Crippen LogP) is 4.13. The summed E-state index contributed by atoms with van der Waals surface area (Å²) in [6.07, 6.45) is 1.77. The number of nitrogens with one attached hydrogen (secondary N) is 1. The molecule has 0 saturated heterocycles. The average molecular weight is 440 g/mol. The van der Waals surface area contributed by atoms with E-state index in [1.165, 1.54) is 21.9 Å². The number of carbonyl (C=O) groups is 1. The molecular weight excluding hydrogens is 422 g/mol. The van der Waals surface area contributed by atoms with Crippen LogP contribution in [0, 0.1) is 0 Å². The molecule has 152 valence electrons. The zero-order valence-electron chi connectivity index (χ0n) is 16.0. The summed E-state index contributed by atoms with van der Waals surface area (Å²) < 4.78 is 30.9. The Labute approximate surface area is 177 Å². The van der Waals surface area contributed by atoms with Crippen molar-refractivity contribution in [2.45, 2.75) is 6.42 Å². The number of hydrogen-bond donors (Lipinski definition) is 1. The number of sulfonamides is 1. The molecule has 0 fully saturated rings. The van der Waals surface area contributed by atoms with Crippen molar-refractivity contribution < 1.29 is 17.6 Å². The smallest absolute Gasteiger partial charge is 0.257 e. The van der Waals surface area contributed by atoms with Crippen LogP contribution >= 0.6 is 11.3 Å². The first kappa shape index (κ1) is 18.8. The number of thiazole rings is 1. The number of para-hydroxylation sites is 1. The van der Waals surface area contributed by atoms with Gasteiger partial charge in [-0.2, -0.15) is 0 Å². The summed E-state index contributed by atoms with van der Waals surface area (Å²) in [6, 6.07) is 14.7. The number of fused-ring (bicyclic) bond motifs is 2. The fourth-order valence-electron chi connectivity index (χ4n) is 3.58. The van der Waals surface area contributed by atoms with Crippen molar-refractivity contribution in [2.24, 2.45) is 0 Å². The minimum atomic E-state index is -3.32. The second-order valence-corrected chi connectivity index (χ2v) is 9.83. The molecule has 1 aliphatic rings. The number of aromatic nitrogens is 1. The van der Waals surface area contributed by atoms with Gasteiger partial charge in [0.15, 0.2) is 10.9 Å². The van der Waals surface area contributed by atoms with Crippen LogP contribution in [0.5, 0.6) is 0 Å². The van der Waals surface area contributed by atoms with E-state index in [4.69, 9.17) is 4.42 Å². The molecule has 0 spiro atoms. The molecule has 2 aromatic heterocycles. The van der Waals surface area contributed by atoms with Crippen LogP contribution in [-0.2, 0) is 16.4 Å². The van der Waals surface area contributed by atoms with Gasteiger partial charge in [-0.25, -0.2) is 13.4 Å². The lowest BCUT2D eigenvalue weighted by Crippen LogP contribution is -2.27. The summed E-state index contributed by atoms with van der Waals surface area (Å²) >= 11 is 1.32. The Balaban J connectivity index is 1.35. The van der Waals surface area contributed by atoms with Gasteiger partial charge in [-0.3, -0.25) is 14.4 Å². The second kappa shape index (κ2) is 6.96. The molecule has 4 aromatic rings. The van der Waals surface area contributed by atoms with Crippen molar-refractivity contribution in [1.82, 2.24) is 4.98 Å². The van der Waals surface area contributed by atoms with E-state index in [1.807, 2.05) is 35.7 Å². The van der Waals surface area contributed by atoms with E-state index in [2.05, 4.69) is 10.3 Å². The number of nitrogens with zero attached hydrogens (tertiary/aromatic N) is 2. The molecule has 1 N–H and O–H groups in total. The van der Waals surface area contributed by atoms with Gasteiger partial charge in [-0.05, 0) is 42.3 Å². The molecule has 1 aliphatic heterocycles. The minimum Gasteiger partial charge on any atom is -0.454 e. The Morgan fingerprint density at radius 3 is 2.83 bits per heavy atom. The maximum Gasteiger partial charge on any atom is 0.257 e. The molecule has 3 heterocycles. The minimum absolute atomic E-state index is 0.291. The van der Waals surface area contributed by atoms with Crippen LogP contribution in [0.25, 0.3) is 22.4 Å². The summed E-state index contributed by atoms with van der Waals surface area (Å²) in [5.41, 5.74) is 3.38. The first-order valence-electron chi connectivity index (χ1n) is 9.25. The fraction of sp³-hybridized carbons (Fsp3) is 0.143. The van der Waals surface area contributed by atoms with Crippen molar-refractivity contribution in [3.63, 3.8) is 0 Å². The summed E-state index contributed by atoms with van der Waals surface area (Å²) in [4.78, 5) is 17.1. The molecule has 2 aromatic carbocycles. The number of carbonyl (C=O) groups excluding carboxylic acids is 1. The van der Waals surface area contributed by atoms with Crippen LogP contribution in [0.1, 0.15) is 15.9 Å². The molecule has 1 amide bonds. The number of furan rings is 1. The standard InChI is InChI=1S/C21H17N3O4S2/c1-30(26,27)24-9-8-13-10-15(6-7-17(13)24)20(25)23-21-22-16(12-29-21)19-11-14-4-2-3-5-18(14)28-19/h2-7,10-12H,8-9H2,1H3,(H,22,23,25). The molecule has 7 nitrogen and oxygen atoms in total. The Morgan fingerprint density at radius 1 is 1.20 bits per heavy atom. The van der Waals surface area contributed by atoms with Crippen molar-refractivity contribution in [3.8, 4) is 11.5 Å². The molecule has 30 heavy (non-hydrogen) atoms. The third-order valence-corrected chi connectivity index (χ3v) is 6.94. The maximum atomic E-state index is 12.7. The summed E-state index contributed by atoms with van der Waals surface area (Å²) in [7, 11) is -3.32. The fourth-order valence-corrected chi connectivity index (χ4v) is 5.23. The monoisotopic (exact) mass is 439 g/mol. The van der Waals surface area contributed by atoms with Gasteiger partial charge in [0.25, 0.3) is 5.91 Å². The van der Waals surface area contributed by atoms with E-state index in [1.54, 1.807) is 18.2 Å². The third-order valence-electron chi connectivity index (χ3n) is 5.00. The highest BCUT2D eigenvalue weighted by molar-refractivity contribution is 7.92. The van der Waals surface area contributed by atoms with Crippen LogP contribution in [0.2, 0.25) is 0 Å². The van der Waals surface area contributed by atoms with Crippen LogP contribution in [0.4, 0.5) is 10.8 Å². The Hall–Kier alpha value is -3.17. The first-order chi connectivity index (χ1) is 14.4. The summed E-state index contributed by atoms with van der Waals surface area (Å²) in [6.45, 7) is 0.395. The predicted molar refractivity (Wildman–Crippen MR) is 118 cm³/mol. The molecule has 0 radical (unpaired) electrons. The normalized spacial score (nSPS) is 13.6. The summed E-state index contributed by atoms with van der Waals surface area (Å²) in [5.74, 6) is 0.354. The lowest BCUT2D eigenvalue weighted by Gasteiger charge is -2.16. The molecule has 5 rings (SSSR count). The largest absolute Gasteiger partial charge is 0.454 e. The van der Waals surface area contributed by atoms with Gasteiger partial charge >= 0.3 is 0 Å². The Kier molecular flexibility index (Phi) is 4.37. The van der Waals surface area contributed by atoms with Gasteiger partial charge in [0.05, 0.1) is 11.9 Å². The van der Waals surface area contributed by atoms with Gasteiger partial charge in [0.1, 0.15) is 11.3 Å². The van der Waals surface area contributed by atoms with Crippen molar-refractivity contribution in [3.05, 3.63) is 65.0 Å². The molecule has 0 bridgehead atoms. The number of rotatable bonds is 4. The van der Waals surface area contributed by atoms with Crippen LogP contribution in [0.15, 0.2) is 58.3 Å². The van der Waals surface area contributed by atoms with Gasteiger partial charge in [-0.1, -0.05) is 18.2 Å². The van der Waals surface area contributed by atoms with Crippen LogP contribution < -0.4 is 9.62 Å². The summed E-state index contributed by atoms with van der Waals surface area (Å²) in [5, 5.41) is 6.10. The van der Waals surface area contributed by atoms with Gasteiger partial charge in [0, 0.05) is 22.9 Å². The Morgan fingerprint density at radius 2 is 2.03 bits per heavy atom. The van der Waals surface area contributed by atoms with E-state index in [0.717, 1.165) is 16.5 Å². The molecular formula is C21H17N3O4S2. The first-order valence-corrected chi connectivity index (χ1v) is 12.0. The average Bonchev–Trinajstić information content (AvgIpc) is 3.43. The van der Waals surface area contributed by atoms with E-state index >= 15 is 0 Å². The quantitative estimate of drug-likeness (QED) is 0.516. The van der Waals surface area contributed by atoms with Crippen molar-refractivity contribution in [1.29, 1.82) is 0 Å². The van der Waals surface area contributed by atoms with E-state index < -0.39 is 10.0 Å². The van der Waals surface area contributed by atoms with Crippen LogP contribution in [0.3, 0.4) is 0 Å². The highest BCUT2D eigenvalue weighted by Crippen LogP contribution is 2.32. The van der Waals surface area contributed by atoms with E-state index in [-0.39, 0.29) is 5.91 Å². The highest BCUT2D eigenvalue weighted by Gasteiger charge is 2.27. The molecule has 9 heteroatoms. The van der Waals surface area contributed by atoms with Gasteiger partial charge in [-0.15, -0.1) is 11.3 Å². The third kappa shape index (κ3) is 3.35. The molecule has 0 atom stereocenters. The Bertz CT molecular complexity index is 1360. The van der Waals surface area contributed by atoms with Crippen molar-refractivity contribution in [2.75, 3.05) is 22.4 Å². The molecule has 0 aliphatic carbocycles. The number of hydrogen-bond acceptors (Lipinski definition) is 6. The lowest BCUT2D eigenvalue weighted by molar-refractivity contribution is 0.102. The highest BCUT2D eigenvalue weighted by atomic mass is 32.2. The maximum absolute atomic E-state index is 12.7. The van der Waals surface area contributed by atoms with Crippen LogP contribution in [-0.4, -0.2) is 32.1 Å². The number of amides is 1. The number of anilines is 2. The SMILES string of the molecule is CS(=O)(=O)N1CCc2cc(C(=O)Nc3nc(-c4cc5ccccc5o4)cs3)ccc21. The zero-order chi connectivity index (χ0) is 20.9. The zero-order valence-corrected chi connectivity index (χ0v) is 17.6. The van der Waals surface area contributed by atoms with E-state index in [9.17, 15) is 13.2 Å². The molecule has 0 unspecified atom stereocenters. The molecule has 0 saturated carbocycles. The number of benzene rings is 2. The van der Waals surface area contributed by atoms with E-state index in [0.29, 0.717) is 40.8 Å². The topological polar surface area (TPSA) is 92.5 Å². The van der Waals surface area contributed by atoms with Gasteiger partial charge in [0.2, 0.25) is 10.0 Å².